The average Bonchev–Trinajstić information content (AvgIpc) is 2.51. The molecule has 0 aromatic heterocycles. The van der Waals surface area contributed by atoms with Crippen LogP contribution in [0.1, 0.15) is 117 Å². The Labute approximate surface area is 159 Å². The Kier molecular flexibility index (Phi) is 27.0. The molecular formula is C20H41IO2. The molecule has 0 fully saturated rings. The van der Waals surface area contributed by atoms with E-state index in [0.29, 0.717) is 0 Å². The lowest BCUT2D eigenvalue weighted by molar-refractivity contribution is -0.361. The molecule has 2 nitrogen and oxygen atoms in total. The van der Waals surface area contributed by atoms with Crippen molar-refractivity contribution in [1.82, 2.24) is 0 Å². The van der Waals surface area contributed by atoms with Crippen LogP contribution in [-0.2, 0) is 4.79 Å². The second-order valence-corrected chi connectivity index (χ2v) is 8.01. The number of carboxylic acids is 1. The molecule has 0 radical (unpaired) electrons. The number of carbonyl (C=O) groups excluding carboxylic acids is 1. The van der Waals surface area contributed by atoms with Crippen molar-refractivity contribution < 1.29 is 32.5 Å². The second-order valence-electron chi connectivity index (χ2n) is 6.36. The minimum absolute atomic E-state index is 0.234. The lowest BCUT2D eigenvalue weighted by atomic mass is 10.0. The van der Waals surface area contributed by atoms with Crippen molar-refractivity contribution in [3.63, 3.8) is 0 Å². The zero-order valence-electron chi connectivity index (χ0n) is 15.7. The van der Waals surface area contributed by atoms with Crippen LogP contribution in [-0.4, -0.2) is 10.4 Å². The zero-order chi connectivity index (χ0) is 17.6. The minimum Gasteiger partial charge on any atom is -0.550 e. The van der Waals surface area contributed by atoms with Crippen molar-refractivity contribution in [2.45, 2.75) is 117 Å². The number of aliphatic carboxylic acids is 1. The van der Waals surface area contributed by atoms with Crippen LogP contribution in [0.5, 0.6) is 0 Å². The number of unbranched alkanes of at least 4 members (excludes halogenated alkanes) is 14. The highest BCUT2D eigenvalue weighted by Crippen LogP contribution is 2.13. The number of hydrogen-bond acceptors (Lipinski definition) is 2. The maximum absolute atomic E-state index is 10.2. The van der Waals surface area contributed by atoms with Crippen molar-refractivity contribution in [3.8, 4) is 0 Å². The SMILES string of the molecule is CCCCCCCCCCCCCCCCCC(=O)[O-].CC[IH+]. The zero-order valence-corrected chi connectivity index (χ0v) is 18.1. The van der Waals surface area contributed by atoms with E-state index in [1.165, 1.54) is 87.9 Å². The van der Waals surface area contributed by atoms with Crippen LogP contribution in [0.4, 0.5) is 0 Å². The first kappa shape index (κ1) is 25.4. The topological polar surface area (TPSA) is 40.1 Å². The molecule has 23 heavy (non-hydrogen) atoms. The molecule has 0 spiro atoms. The molecule has 0 atom stereocenters. The molecular weight excluding hydrogens is 399 g/mol. The largest absolute Gasteiger partial charge is 0.550 e. The Morgan fingerprint density at radius 1 is 0.652 bits per heavy atom. The highest BCUT2D eigenvalue weighted by atomic mass is 127. The first-order chi connectivity index (χ1) is 11.2. The third-order valence-electron chi connectivity index (χ3n) is 3.98. The fourth-order valence-corrected chi connectivity index (χ4v) is 2.64. The third-order valence-corrected chi connectivity index (χ3v) is 3.98. The van der Waals surface area contributed by atoms with Crippen molar-refractivity contribution >= 4 is 5.97 Å². The summed E-state index contributed by atoms with van der Waals surface area (Å²) in [5.74, 6) is -0.903. The molecule has 0 heterocycles. The molecule has 0 aliphatic rings. The minimum atomic E-state index is -0.903. The van der Waals surface area contributed by atoms with Crippen LogP contribution < -0.4 is 27.7 Å². The molecule has 0 N–H and O–H groups in total. The maximum Gasteiger partial charge on any atom is 0.251 e. The van der Waals surface area contributed by atoms with E-state index in [2.05, 4.69) is 36.4 Å². The Hall–Kier alpha value is 0.200. The van der Waals surface area contributed by atoms with E-state index in [9.17, 15) is 9.90 Å². The van der Waals surface area contributed by atoms with E-state index in [-0.39, 0.29) is 6.42 Å². The predicted molar refractivity (Wildman–Crippen MR) is 96.5 cm³/mol. The monoisotopic (exact) mass is 440 g/mol. The van der Waals surface area contributed by atoms with Crippen LogP contribution in [0, 0.1) is 0 Å². The molecule has 0 aliphatic carbocycles. The highest BCUT2D eigenvalue weighted by molar-refractivity contribution is 5.63. The first-order valence-electron chi connectivity index (χ1n) is 9.96. The lowest BCUT2D eigenvalue weighted by Gasteiger charge is -2.04. The summed E-state index contributed by atoms with van der Waals surface area (Å²) in [5.41, 5.74) is 0. The number of alkyl halides is 1. The summed E-state index contributed by atoms with van der Waals surface area (Å²) in [4.78, 5) is 10.2. The van der Waals surface area contributed by atoms with Gasteiger partial charge in [-0.3, -0.25) is 0 Å². The summed E-state index contributed by atoms with van der Waals surface area (Å²) in [7, 11) is 0. The van der Waals surface area contributed by atoms with Gasteiger partial charge in [-0.15, -0.1) is 0 Å². The number of halogens is 1. The molecule has 0 saturated carbocycles. The summed E-state index contributed by atoms with van der Waals surface area (Å²) < 4.78 is 1.26. The van der Waals surface area contributed by atoms with Gasteiger partial charge in [0.25, 0.3) is 22.6 Å². The van der Waals surface area contributed by atoms with Gasteiger partial charge < -0.3 is 9.90 Å². The Morgan fingerprint density at radius 3 is 1.17 bits per heavy atom. The van der Waals surface area contributed by atoms with Crippen molar-refractivity contribution in [2.75, 3.05) is 4.43 Å². The van der Waals surface area contributed by atoms with Crippen molar-refractivity contribution in [1.29, 1.82) is 0 Å². The quantitative estimate of drug-likeness (QED) is 0.210. The average molecular weight is 440 g/mol. The summed E-state index contributed by atoms with van der Waals surface area (Å²) in [5, 5.41) is 10.2. The van der Waals surface area contributed by atoms with Crippen molar-refractivity contribution in [3.05, 3.63) is 0 Å². The van der Waals surface area contributed by atoms with E-state index < -0.39 is 5.97 Å². The van der Waals surface area contributed by atoms with Gasteiger partial charge in [0.05, 0.1) is 0 Å². The van der Waals surface area contributed by atoms with E-state index >= 15 is 0 Å². The van der Waals surface area contributed by atoms with E-state index in [1.54, 1.807) is 0 Å². The van der Waals surface area contributed by atoms with Gasteiger partial charge >= 0.3 is 0 Å². The first-order valence-corrected chi connectivity index (χ1v) is 11.6. The van der Waals surface area contributed by atoms with Gasteiger partial charge in [0.2, 0.25) is 0 Å². The Bertz CT molecular complexity index is 220. The van der Waals surface area contributed by atoms with E-state index in [0.717, 1.165) is 12.8 Å². The number of rotatable bonds is 16. The standard InChI is InChI=1S/C18H36O2.C2H6I/c1-2-3-4-5-6-7-8-9-10-11-12-13-14-15-16-17-18(19)20;1-2-3/h2-17H2,1H3,(H,19,20);3H,2H2,1H3/q;+1/p-1. The van der Waals surface area contributed by atoms with Gasteiger partial charge in [0.1, 0.15) is 4.43 Å². The summed E-state index contributed by atoms with van der Waals surface area (Å²) in [6, 6.07) is 0. The molecule has 0 bridgehead atoms. The lowest BCUT2D eigenvalue weighted by Crippen LogP contribution is -3.35. The molecule has 3 heteroatoms. The van der Waals surface area contributed by atoms with Gasteiger partial charge in [0, 0.05) is 5.97 Å². The number of carboxylic acid groups (broad SMARTS) is 1. The Morgan fingerprint density at radius 2 is 0.913 bits per heavy atom. The molecule has 140 valence electrons. The molecule has 0 aromatic carbocycles. The third kappa shape index (κ3) is 30.6. The molecule has 0 aliphatic heterocycles. The van der Waals surface area contributed by atoms with Crippen LogP contribution in [0.3, 0.4) is 0 Å². The molecule has 0 aromatic rings. The smallest absolute Gasteiger partial charge is 0.251 e. The van der Waals surface area contributed by atoms with Crippen LogP contribution in [0.15, 0.2) is 0 Å². The van der Waals surface area contributed by atoms with E-state index in [4.69, 9.17) is 0 Å². The summed E-state index contributed by atoms with van der Waals surface area (Å²) in [6.07, 6.45) is 19.9. The van der Waals surface area contributed by atoms with Crippen LogP contribution in [0.25, 0.3) is 0 Å². The normalized spacial score (nSPS) is 10.2. The fraction of sp³-hybridized carbons (Fsp3) is 0.950. The Balaban J connectivity index is 0. The molecule has 0 amide bonds. The van der Waals surface area contributed by atoms with Gasteiger partial charge in [0.15, 0.2) is 0 Å². The predicted octanol–water partition coefficient (Wildman–Crippen LogP) is 2.29. The molecule has 0 unspecified atom stereocenters. The van der Waals surface area contributed by atoms with Crippen molar-refractivity contribution in [2.24, 2.45) is 0 Å². The molecule has 0 saturated heterocycles. The van der Waals surface area contributed by atoms with Crippen LogP contribution >= 0.6 is 0 Å². The summed E-state index contributed by atoms with van der Waals surface area (Å²) in [6.45, 7) is 4.40. The number of carbonyl (C=O) groups is 1. The highest BCUT2D eigenvalue weighted by Gasteiger charge is 1.94. The summed E-state index contributed by atoms with van der Waals surface area (Å²) >= 11 is 2.07. The molecule has 0 rings (SSSR count). The van der Waals surface area contributed by atoms with Gasteiger partial charge in [-0.2, -0.15) is 0 Å². The van der Waals surface area contributed by atoms with Crippen LogP contribution in [0.2, 0.25) is 0 Å². The number of hydrogen-bond donors (Lipinski definition) is 0. The van der Waals surface area contributed by atoms with Gasteiger partial charge in [-0.1, -0.05) is 96.8 Å². The van der Waals surface area contributed by atoms with E-state index in [1.807, 2.05) is 0 Å². The second kappa shape index (κ2) is 24.5. The van der Waals surface area contributed by atoms with Gasteiger partial charge in [-0.25, -0.2) is 0 Å². The van der Waals surface area contributed by atoms with Gasteiger partial charge in [-0.05, 0) is 19.8 Å². The fourth-order valence-electron chi connectivity index (χ4n) is 2.64. The maximum atomic E-state index is 10.2.